The molecule has 0 radical (unpaired) electrons. The molecular formula is C21H19F3N6O4. The van der Waals surface area contributed by atoms with E-state index in [1.165, 1.54) is 41.6 Å². The standard InChI is InChI=1S/C21H19F3N6O4/c1-29(2)15(31)7-13-8-21(13,12-3-5-14(22)6-4-12)30(20(32)33)19-25-9-11(10-26-19)17-27-28-18(34-17)16(23)24/h3-6,9-10,13,16H,7-8H2,1-2H3,(H,32,33). The van der Waals surface area contributed by atoms with Gasteiger partial charge < -0.3 is 14.4 Å². The number of benzene rings is 1. The fourth-order valence-electron chi connectivity index (χ4n) is 3.87. The molecule has 2 aromatic heterocycles. The van der Waals surface area contributed by atoms with Crippen molar-refractivity contribution < 1.29 is 32.3 Å². The summed E-state index contributed by atoms with van der Waals surface area (Å²) in [7, 11) is 3.19. The molecule has 4 rings (SSSR count). The maximum atomic E-state index is 13.6. The first kappa shape index (κ1) is 23.1. The summed E-state index contributed by atoms with van der Waals surface area (Å²) in [6.45, 7) is 0. The Morgan fingerprint density at radius 2 is 1.82 bits per heavy atom. The van der Waals surface area contributed by atoms with Crippen LogP contribution in [0.1, 0.15) is 30.7 Å². The van der Waals surface area contributed by atoms with Gasteiger partial charge in [0.25, 0.3) is 11.8 Å². The Kier molecular flexibility index (Phi) is 5.94. The number of halogens is 3. The van der Waals surface area contributed by atoms with E-state index >= 15 is 0 Å². The number of carboxylic acid groups (broad SMARTS) is 1. The van der Waals surface area contributed by atoms with E-state index in [1.54, 1.807) is 14.1 Å². The first-order valence-corrected chi connectivity index (χ1v) is 10.1. The maximum Gasteiger partial charge on any atom is 0.415 e. The number of amides is 2. The molecular weight excluding hydrogens is 457 g/mol. The molecule has 2 heterocycles. The topological polar surface area (TPSA) is 126 Å². The zero-order valence-corrected chi connectivity index (χ0v) is 18.0. The Hall–Kier alpha value is -4.03. The van der Waals surface area contributed by atoms with Crippen molar-refractivity contribution in [1.29, 1.82) is 0 Å². The van der Waals surface area contributed by atoms with Crippen LogP contribution in [0.15, 0.2) is 41.1 Å². The van der Waals surface area contributed by atoms with Gasteiger partial charge in [0.2, 0.25) is 11.9 Å². The number of carbonyl (C=O) groups excluding carboxylic acids is 1. The number of aromatic nitrogens is 4. The lowest BCUT2D eigenvalue weighted by Gasteiger charge is -2.30. The van der Waals surface area contributed by atoms with Gasteiger partial charge in [0.1, 0.15) is 5.82 Å². The van der Waals surface area contributed by atoms with Crippen LogP contribution in [0.2, 0.25) is 0 Å². The van der Waals surface area contributed by atoms with Gasteiger partial charge in [-0.15, -0.1) is 10.2 Å². The van der Waals surface area contributed by atoms with E-state index in [4.69, 9.17) is 4.42 Å². The Balaban J connectivity index is 1.71. The fourth-order valence-corrected chi connectivity index (χ4v) is 3.87. The maximum absolute atomic E-state index is 13.6. The van der Waals surface area contributed by atoms with Crippen LogP contribution in [0.25, 0.3) is 11.5 Å². The van der Waals surface area contributed by atoms with Gasteiger partial charge in [-0.25, -0.2) is 24.1 Å². The highest BCUT2D eigenvalue weighted by Crippen LogP contribution is 2.59. The van der Waals surface area contributed by atoms with E-state index in [2.05, 4.69) is 20.2 Å². The molecule has 34 heavy (non-hydrogen) atoms. The van der Waals surface area contributed by atoms with Crippen molar-refractivity contribution in [3.05, 3.63) is 53.9 Å². The molecule has 13 heteroatoms. The van der Waals surface area contributed by atoms with Crippen LogP contribution in [0, 0.1) is 11.7 Å². The molecule has 1 saturated carbocycles. The number of carbonyl (C=O) groups is 2. The number of nitrogens with zero attached hydrogens (tertiary/aromatic N) is 6. The lowest BCUT2D eigenvalue weighted by molar-refractivity contribution is -0.129. The van der Waals surface area contributed by atoms with Gasteiger partial charge in [-0.3, -0.25) is 4.79 Å². The van der Waals surface area contributed by atoms with Gasteiger partial charge in [-0.05, 0) is 30.0 Å². The minimum atomic E-state index is -2.95. The summed E-state index contributed by atoms with van der Waals surface area (Å²) in [5.41, 5.74) is -0.599. The van der Waals surface area contributed by atoms with E-state index in [-0.39, 0.29) is 36.2 Å². The largest absolute Gasteiger partial charge is 0.465 e. The molecule has 2 unspecified atom stereocenters. The quantitative estimate of drug-likeness (QED) is 0.549. The molecule has 2 amide bonds. The lowest BCUT2D eigenvalue weighted by Crippen LogP contribution is -2.43. The highest BCUT2D eigenvalue weighted by molar-refractivity contribution is 5.88. The molecule has 0 bridgehead atoms. The average Bonchev–Trinajstić information content (AvgIpc) is 3.26. The molecule has 0 spiro atoms. The van der Waals surface area contributed by atoms with E-state index in [0.29, 0.717) is 5.56 Å². The SMILES string of the molecule is CN(C)C(=O)CC1CC1(c1ccc(F)cc1)N(C(=O)O)c1ncc(-c2nnc(C(F)F)o2)cn1. The van der Waals surface area contributed by atoms with Gasteiger partial charge in [-0.2, -0.15) is 8.78 Å². The highest BCUT2D eigenvalue weighted by Gasteiger charge is 2.63. The molecule has 0 aliphatic heterocycles. The van der Waals surface area contributed by atoms with Crippen molar-refractivity contribution in [2.45, 2.75) is 24.8 Å². The zero-order chi connectivity index (χ0) is 24.6. The number of rotatable bonds is 7. The molecule has 1 aliphatic rings. The molecule has 178 valence electrons. The van der Waals surface area contributed by atoms with Gasteiger partial charge in [0.15, 0.2) is 0 Å². The van der Waals surface area contributed by atoms with E-state index in [0.717, 1.165) is 4.90 Å². The fraction of sp³-hybridized carbons (Fsp3) is 0.333. The van der Waals surface area contributed by atoms with E-state index in [1.807, 2.05) is 0 Å². The Morgan fingerprint density at radius 1 is 1.18 bits per heavy atom. The summed E-state index contributed by atoms with van der Waals surface area (Å²) in [4.78, 5) is 35.2. The number of anilines is 1. The van der Waals surface area contributed by atoms with Crippen LogP contribution in [0.4, 0.5) is 23.9 Å². The van der Waals surface area contributed by atoms with Crippen molar-refractivity contribution >= 4 is 17.9 Å². The van der Waals surface area contributed by atoms with Gasteiger partial charge in [-0.1, -0.05) is 12.1 Å². The van der Waals surface area contributed by atoms with Crippen LogP contribution < -0.4 is 4.90 Å². The molecule has 2 atom stereocenters. The zero-order valence-electron chi connectivity index (χ0n) is 18.0. The number of hydrogen-bond acceptors (Lipinski definition) is 7. The van der Waals surface area contributed by atoms with Gasteiger partial charge in [0.05, 0.1) is 11.1 Å². The molecule has 1 fully saturated rings. The van der Waals surface area contributed by atoms with Crippen molar-refractivity contribution in [2.75, 3.05) is 19.0 Å². The van der Waals surface area contributed by atoms with E-state index < -0.39 is 35.7 Å². The van der Waals surface area contributed by atoms with Crippen LogP contribution in [-0.2, 0) is 10.3 Å². The van der Waals surface area contributed by atoms with Crippen LogP contribution >= 0.6 is 0 Å². The molecule has 1 aliphatic carbocycles. The monoisotopic (exact) mass is 476 g/mol. The van der Waals surface area contributed by atoms with Crippen molar-refractivity contribution in [3.8, 4) is 11.5 Å². The second-order valence-electron chi connectivity index (χ2n) is 7.96. The second kappa shape index (κ2) is 8.72. The minimum absolute atomic E-state index is 0.0601. The highest BCUT2D eigenvalue weighted by atomic mass is 19.3. The van der Waals surface area contributed by atoms with Gasteiger partial charge in [0, 0.05) is 32.9 Å². The third-order valence-electron chi connectivity index (χ3n) is 5.64. The lowest BCUT2D eigenvalue weighted by atomic mass is 9.99. The Morgan fingerprint density at radius 3 is 2.35 bits per heavy atom. The predicted molar refractivity (Wildman–Crippen MR) is 110 cm³/mol. The molecule has 10 nitrogen and oxygen atoms in total. The first-order chi connectivity index (χ1) is 16.1. The summed E-state index contributed by atoms with van der Waals surface area (Å²) in [5, 5.41) is 16.8. The van der Waals surface area contributed by atoms with Crippen molar-refractivity contribution in [1.82, 2.24) is 25.1 Å². The normalized spacial score (nSPS) is 19.2. The number of hydrogen-bond donors (Lipinski definition) is 1. The third-order valence-corrected chi connectivity index (χ3v) is 5.64. The van der Waals surface area contributed by atoms with Crippen LogP contribution in [0.5, 0.6) is 0 Å². The van der Waals surface area contributed by atoms with Crippen molar-refractivity contribution in [3.63, 3.8) is 0 Å². The summed E-state index contributed by atoms with van der Waals surface area (Å²) in [5.74, 6) is -2.43. The first-order valence-electron chi connectivity index (χ1n) is 10.1. The molecule has 1 aromatic carbocycles. The smallest absolute Gasteiger partial charge is 0.415 e. The van der Waals surface area contributed by atoms with E-state index in [9.17, 15) is 27.9 Å². The molecule has 3 aromatic rings. The molecule has 1 N–H and O–H groups in total. The summed E-state index contributed by atoms with van der Waals surface area (Å²) >= 11 is 0. The molecule has 0 saturated heterocycles. The second-order valence-corrected chi connectivity index (χ2v) is 7.96. The van der Waals surface area contributed by atoms with Crippen LogP contribution in [0.3, 0.4) is 0 Å². The minimum Gasteiger partial charge on any atom is -0.465 e. The summed E-state index contributed by atoms with van der Waals surface area (Å²) in [6.07, 6.45) is -1.64. The van der Waals surface area contributed by atoms with Gasteiger partial charge >= 0.3 is 12.5 Å². The van der Waals surface area contributed by atoms with Crippen LogP contribution in [-0.4, -0.2) is 56.3 Å². The Bertz CT molecular complexity index is 1200. The average molecular weight is 476 g/mol. The third kappa shape index (κ3) is 4.16. The van der Waals surface area contributed by atoms with Crippen molar-refractivity contribution in [2.24, 2.45) is 5.92 Å². The Labute approximate surface area is 191 Å². The number of alkyl halides is 2. The summed E-state index contributed by atoms with van der Waals surface area (Å²) in [6, 6.07) is 5.34. The predicted octanol–water partition coefficient (Wildman–Crippen LogP) is 3.48. The summed E-state index contributed by atoms with van der Waals surface area (Å²) < 4.78 is 43.8.